The molecule has 2 heterocycles. The van der Waals surface area contributed by atoms with Crippen LogP contribution in [0.5, 0.6) is 5.75 Å². The number of rotatable bonds is 4. The largest absolute Gasteiger partial charge is 0.508 e. The highest BCUT2D eigenvalue weighted by Crippen LogP contribution is 2.34. The summed E-state index contributed by atoms with van der Waals surface area (Å²) >= 11 is 7.54. The molecule has 1 atom stereocenters. The van der Waals surface area contributed by atoms with Crippen molar-refractivity contribution in [3.63, 3.8) is 0 Å². The number of aromatic hydroxyl groups is 1. The van der Waals surface area contributed by atoms with Gasteiger partial charge in [0.05, 0.1) is 10.6 Å². The molecule has 0 aliphatic heterocycles. The quantitative estimate of drug-likeness (QED) is 0.694. The van der Waals surface area contributed by atoms with Crippen LogP contribution >= 0.6 is 22.9 Å². The zero-order chi connectivity index (χ0) is 14.8. The Bertz CT molecular complexity index is 737. The zero-order valence-corrected chi connectivity index (χ0v) is 12.9. The monoisotopic (exact) mass is 319 g/mol. The van der Waals surface area contributed by atoms with Gasteiger partial charge in [0.2, 0.25) is 0 Å². The van der Waals surface area contributed by atoms with Crippen molar-refractivity contribution in [1.29, 1.82) is 0 Å². The molecule has 5 heteroatoms. The molecular weight excluding hydrogens is 306 g/mol. The second-order valence-electron chi connectivity index (χ2n) is 4.74. The lowest BCUT2D eigenvalue weighted by molar-refractivity contribution is 0.471. The number of benzene rings is 1. The summed E-state index contributed by atoms with van der Waals surface area (Å²) in [5.74, 6) is 1.07. The number of hydrogen-bond donors (Lipinski definition) is 2. The average Bonchev–Trinajstić information content (AvgIpc) is 3.11. The van der Waals surface area contributed by atoms with Gasteiger partial charge in [-0.1, -0.05) is 17.7 Å². The molecule has 3 nitrogen and oxygen atoms in total. The molecule has 0 bridgehead atoms. The molecule has 1 unspecified atom stereocenters. The Kier molecular flexibility index (Phi) is 3.90. The third-order valence-electron chi connectivity index (χ3n) is 3.23. The fourth-order valence-corrected chi connectivity index (χ4v) is 3.21. The van der Waals surface area contributed by atoms with E-state index in [0.29, 0.717) is 0 Å². The Morgan fingerprint density at radius 2 is 2.10 bits per heavy atom. The molecule has 21 heavy (non-hydrogen) atoms. The van der Waals surface area contributed by atoms with Crippen LogP contribution in [0, 0.1) is 6.92 Å². The first-order chi connectivity index (χ1) is 10.1. The molecule has 0 radical (unpaired) electrons. The Morgan fingerprint density at radius 1 is 1.24 bits per heavy atom. The van der Waals surface area contributed by atoms with Crippen molar-refractivity contribution in [1.82, 2.24) is 0 Å². The van der Waals surface area contributed by atoms with E-state index in [2.05, 4.69) is 5.32 Å². The van der Waals surface area contributed by atoms with Crippen molar-refractivity contribution in [3.8, 4) is 5.75 Å². The molecule has 108 valence electrons. The van der Waals surface area contributed by atoms with Crippen LogP contribution in [0.4, 0.5) is 5.69 Å². The summed E-state index contributed by atoms with van der Waals surface area (Å²) in [4.78, 5) is 1.05. The van der Waals surface area contributed by atoms with Crippen molar-refractivity contribution >= 4 is 28.6 Å². The second kappa shape index (κ2) is 5.84. The Hall–Kier alpha value is -1.91. The summed E-state index contributed by atoms with van der Waals surface area (Å²) in [6.45, 7) is 1.86. The van der Waals surface area contributed by atoms with E-state index >= 15 is 0 Å². The van der Waals surface area contributed by atoms with Crippen LogP contribution in [0.25, 0.3) is 0 Å². The molecule has 0 aliphatic rings. The highest BCUT2D eigenvalue weighted by Gasteiger charge is 2.19. The highest BCUT2D eigenvalue weighted by atomic mass is 35.5. The van der Waals surface area contributed by atoms with Crippen LogP contribution in [0.15, 0.2) is 53.1 Å². The van der Waals surface area contributed by atoms with E-state index in [1.165, 1.54) is 11.3 Å². The van der Waals surface area contributed by atoms with E-state index in [9.17, 15) is 5.11 Å². The molecule has 3 rings (SSSR count). The summed E-state index contributed by atoms with van der Waals surface area (Å²) in [7, 11) is 0. The van der Waals surface area contributed by atoms with Gasteiger partial charge in [-0.15, -0.1) is 11.3 Å². The molecule has 1 aromatic carbocycles. The van der Waals surface area contributed by atoms with Crippen LogP contribution < -0.4 is 5.32 Å². The van der Waals surface area contributed by atoms with Gasteiger partial charge in [0.15, 0.2) is 0 Å². The fourth-order valence-electron chi connectivity index (χ4n) is 2.09. The van der Waals surface area contributed by atoms with Crippen molar-refractivity contribution in [2.75, 3.05) is 5.32 Å². The van der Waals surface area contributed by atoms with Crippen LogP contribution in [0.1, 0.15) is 22.2 Å². The van der Waals surface area contributed by atoms with Gasteiger partial charge in [0, 0.05) is 16.6 Å². The Labute approximate surface area is 131 Å². The fraction of sp³-hybridized carbons (Fsp3) is 0.125. The summed E-state index contributed by atoms with van der Waals surface area (Å²) in [5.41, 5.74) is 1.67. The van der Waals surface area contributed by atoms with Gasteiger partial charge in [0.25, 0.3) is 0 Å². The van der Waals surface area contributed by atoms with Crippen molar-refractivity contribution in [3.05, 3.63) is 69.3 Å². The first-order valence-corrected chi connectivity index (χ1v) is 7.68. The van der Waals surface area contributed by atoms with E-state index in [1.807, 2.05) is 43.3 Å². The van der Waals surface area contributed by atoms with E-state index in [0.717, 1.165) is 26.2 Å². The minimum absolute atomic E-state index is 0.139. The maximum Gasteiger partial charge on any atom is 0.131 e. The molecular formula is C16H14ClNO2S. The highest BCUT2D eigenvalue weighted by molar-refractivity contribution is 7.16. The smallest absolute Gasteiger partial charge is 0.131 e. The van der Waals surface area contributed by atoms with Gasteiger partial charge in [-0.25, -0.2) is 0 Å². The van der Waals surface area contributed by atoms with Gasteiger partial charge in [-0.05, 0) is 42.8 Å². The molecule has 0 aliphatic carbocycles. The minimum Gasteiger partial charge on any atom is -0.508 e. The lowest BCUT2D eigenvalue weighted by Crippen LogP contribution is -2.10. The third-order valence-corrected chi connectivity index (χ3v) is 4.52. The third kappa shape index (κ3) is 3.06. The van der Waals surface area contributed by atoms with Gasteiger partial charge < -0.3 is 14.8 Å². The molecule has 3 aromatic rings. The summed E-state index contributed by atoms with van der Waals surface area (Å²) in [5, 5.41) is 13.2. The predicted octanol–water partition coefficient (Wildman–Crippen LogP) is 5.21. The maximum absolute atomic E-state index is 9.84. The molecule has 2 N–H and O–H groups in total. The molecule has 0 amide bonds. The second-order valence-corrected chi connectivity index (χ2v) is 6.48. The molecule has 0 spiro atoms. The van der Waals surface area contributed by atoms with Gasteiger partial charge in [-0.3, -0.25) is 0 Å². The number of nitrogens with one attached hydrogen (secondary N) is 1. The van der Waals surface area contributed by atoms with Crippen LogP contribution in [0.3, 0.4) is 0 Å². The van der Waals surface area contributed by atoms with E-state index < -0.39 is 0 Å². The molecule has 0 saturated carbocycles. The first-order valence-electron chi connectivity index (χ1n) is 6.48. The Morgan fingerprint density at radius 3 is 2.71 bits per heavy atom. The van der Waals surface area contributed by atoms with E-state index in [-0.39, 0.29) is 11.8 Å². The topological polar surface area (TPSA) is 45.4 Å². The van der Waals surface area contributed by atoms with Crippen molar-refractivity contribution in [2.45, 2.75) is 13.0 Å². The summed E-state index contributed by atoms with van der Waals surface area (Å²) in [6, 6.07) is 13.0. The molecule has 0 saturated heterocycles. The number of anilines is 1. The summed E-state index contributed by atoms with van der Waals surface area (Å²) in [6.07, 6.45) is 1.64. The minimum atomic E-state index is -0.139. The number of hydrogen-bond acceptors (Lipinski definition) is 4. The van der Waals surface area contributed by atoms with Gasteiger partial charge in [-0.2, -0.15) is 0 Å². The lowest BCUT2D eigenvalue weighted by atomic mass is 10.1. The van der Waals surface area contributed by atoms with Crippen molar-refractivity contribution in [2.24, 2.45) is 0 Å². The average molecular weight is 320 g/mol. The van der Waals surface area contributed by atoms with Gasteiger partial charge in [0.1, 0.15) is 17.6 Å². The zero-order valence-electron chi connectivity index (χ0n) is 11.3. The van der Waals surface area contributed by atoms with Crippen LogP contribution in [-0.2, 0) is 0 Å². The SMILES string of the molecule is Cc1ccc(NC(c2ccco2)c2ccc(Cl)s2)cc1O. The number of furan rings is 1. The van der Waals surface area contributed by atoms with E-state index in [4.69, 9.17) is 16.0 Å². The number of halogens is 1. The number of thiophene rings is 1. The first kappa shape index (κ1) is 14.0. The van der Waals surface area contributed by atoms with Crippen molar-refractivity contribution < 1.29 is 9.52 Å². The van der Waals surface area contributed by atoms with Gasteiger partial charge >= 0.3 is 0 Å². The molecule has 0 fully saturated rings. The standard InChI is InChI=1S/C16H14ClNO2S/c1-10-4-5-11(9-12(10)19)18-16(13-3-2-8-20-13)14-6-7-15(17)21-14/h2-9,16,18-19H,1H3. The normalized spacial score (nSPS) is 12.3. The van der Waals surface area contributed by atoms with E-state index in [1.54, 1.807) is 12.3 Å². The summed E-state index contributed by atoms with van der Waals surface area (Å²) < 4.78 is 6.26. The molecule has 2 aromatic heterocycles. The maximum atomic E-state index is 9.84. The lowest BCUT2D eigenvalue weighted by Gasteiger charge is -2.17. The Balaban J connectivity index is 1.94. The number of phenolic OH excluding ortho intramolecular Hbond substituents is 1. The van der Waals surface area contributed by atoms with Crippen LogP contribution in [0.2, 0.25) is 4.34 Å². The van der Waals surface area contributed by atoms with Crippen LogP contribution in [-0.4, -0.2) is 5.11 Å². The number of phenols is 1. The number of aryl methyl sites for hydroxylation is 1. The predicted molar refractivity (Wildman–Crippen MR) is 86.3 cm³/mol.